The van der Waals surface area contributed by atoms with E-state index in [0.29, 0.717) is 0 Å². The molecular weight excluding hydrogens is 304 g/mol. The lowest BCUT2D eigenvalue weighted by Crippen LogP contribution is -2.23. The summed E-state index contributed by atoms with van der Waals surface area (Å²) in [5, 5.41) is 7.83. The van der Waals surface area contributed by atoms with Crippen molar-refractivity contribution in [3.63, 3.8) is 0 Å². The number of hydrogen-bond donors (Lipinski definition) is 1. The lowest BCUT2D eigenvalue weighted by atomic mass is 10.0. The van der Waals surface area contributed by atoms with E-state index in [9.17, 15) is 0 Å². The molecule has 0 amide bonds. The molecule has 5 heteroatoms. The Morgan fingerprint density at radius 3 is 2.79 bits per heavy atom. The summed E-state index contributed by atoms with van der Waals surface area (Å²) in [4.78, 5) is 4.24. The zero-order chi connectivity index (χ0) is 13.7. The second kappa shape index (κ2) is 6.82. The van der Waals surface area contributed by atoms with Gasteiger partial charge in [0.1, 0.15) is 0 Å². The fraction of sp³-hybridized carbons (Fsp3) is 0.429. The first-order valence-electron chi connectivity index (χ1n) is 6.58. The summed E-state index contributed by atoms with van der Waals surface area (Å²) in [5.41, 5.74) is 2.44. The molecule has 0 aromatic carbocycles. The molecule has 0 saturated heterocycles. The zero-order valence-electron chi connectivity index (χ0n) is 11.3. The van der Waals surface area contributed by atoms with Gasteiger partial charge in [0.05, 0.1) is 6.20 Å². The molecule has 1 unspecified atom stereocenters. The van der Waals surface area contributed by atoms with Gasteiger partial charge in [-0.25, -0.2) is 0 Å². The predicted octanol–water partition coefficient (Wildman–Crippen LogP) is 2.95. The molecule has 19 heavy (non-hydrogen) atoms. The first-order valence-corrected chi connectivity index (χ1v) is 7.37. The van der Waals surface area contributed by atoms with E-state index >= 15 is 0 Å². The Kier molecular flexibility index (Phi) is 5.10. The molecule has 1 N–H and O–H groups in total. The predicted molar refractivity (Wildman–Crippen MR) is 80.0 cm³/mol. The van der Waals surface area contributed by atoms with Gasteiger partial charge in [-0.05, 0) is 53.0 Å². The third-order valence-corrected chi connectivity index (χ3v) is 3.46. The molecule has 2 aromatic heterocycles. The number of nitrogens with zero attached hydrogens (tertiary/aromatic N) is 3. The Hall–Kier alpha value is -1.20. The van der Waals surface area contributed by atoms with Gasteiger partial charge in [0.15, 0.2) is 0 Å². The summed E-state index contributed by atoms with van der Waals surface area (Å²) < 4.78 is 2.97. The van der Waals surface area contributed by atoms with Crippen molar-refractivity contribution in [3.05, 3.63) is 46.5 Å². The second-order valence-electron chi connectivity index (χ2n) is 4.46. The maximum absolute atomic E-state index is 4.32. The van der Waals surface area contributed by atoms with Crippen molar-refractivity contribution in [2.45, 2.75) is 32.9 Å². The van der Waals surface area contributed by atoms with Gasteiger partial charge in [0, 0.05) is 35.6 Å². The summed E-state index contributed by atoms with van der Waals surface area (Å²) >= 11 is 3.48. The number of hydrogen-bond acceptors (Lipinski definition) is 3. The molecule has 0 aliphatic rings. The fourth-order valence-corrected chi connectivity index (χ4v) is 2.48. The Morgan fingerprint density at radius 1 is 1.32 bits per heavy atom. The van der Waals surface area contributed by atoms with Crippen LogP contribution < -0.4 is 5.32 Å². The molecule has 0 aliphatic carbocycles. The molecule has 0 radical (unpaired) electrons. The van der Waals surface area contributed by atoms with Gasteiger partial charge in [-0.1, -0.05) is 6.92 Å². The number of likely N-dealkylation sites (N-methyl/N-ethyl adjacent to an activating group) is 1. The van der Waals surface area contributed by atoms with Gasteiger partial charge in [-0.15, -0.1) is 0 Å². The van der Waals surface area contributed by atoms with Gasteiger partial charge in [-0.3, -0.25) is 9.67 Å². The van der Waals surface area contributed by atoms with Gasteiger partial charge >= 0.3 is 0 Å². The maximum Gasteiger partial charge on any atom is 0.0522 e. The molecule has 2 aromatic rings. The van der Waals surface area contributed by atoms with E-state index in [1.165, 1.54) is 11.1 Å². The van der Waals surface area contributed by atoms with Crippen molar-refractivity contribution >= 4 is 15.9 Å². The van der Waals surface area contributed by atoms with Crippen LogP contribution in [0.15, 0.2) is 35.3 Å². The highest BCUT2D eigenvalue weighted by molar-refractivity contribution is 9.10. The largest absolute Gasteiger partial charge is 0.310 e. The maximum atomic E-state index is 4.32. The highest BCUT2D eigenvalue weighted by atomic mass is 79.9. The number of pyridine rings is 1. The van der Waals surface area contributed by atoms with Crippen LogP contribution in [0.5, 0.6) is 0 Å². The summed E-state index contributed by atoms with van der Waals surface area (Å²) in [6.45, 7) is 6.05. The average molecular weight is 323 g/mol. The minimum atomic E-state index is 0.268. The van der Waals surface area contributed by atoms with E-state index in [0.717, 1.165) is 24.0 Å². The van der Waals surface area contributed by atoms with Crippen molar-refractivity contribution in [2.24, 2.45) is 0 Å². The van der Waals surface area contributed by atoms with E-state index < -0.39 is 0 Å². The summed E-state index contributed by atoms with van der Waals surface area (Å²) in [6, 6.07) is 2.38. The van der Waals surface area contributed by atoms with Crippen LogP contribution in [0.4, 0.5) is 0 Å². The van der Waals surface area contributed by atoms with E-state index in [-0.39, 0.29) is 6.04 Å². The smallest absolute Gasteiger partial charge is 0.0522 e. The van der Waals surface area contributed by atoms with E-state index in [2.05, 4.69) is 57.4 Å². The Morgan fingerprint density at radius 2 is 2.16 bits per heavy atom. The molecule has 0 saturated carbocycles. The summed E-state index contributed by atoms with van der Waals surface area (Å²) in [6.07, 6.45) is 8.70. The number of aromatic nitrogens is 3. The van der Waals surface area contributed by atoms with E-state index in [4.69, 9.17) is 0 Å². The first kappa shape index (κ1) is 14.2. The zero-order valence-corrected chi connectivity index (χ0v) is 12.9. The Bertz CT molecular complexity index is 524. The Balaban J connectivity index is 2.15. The van der Waals surface area contributed by atoms with Crippen molar-refractivity contribution in [1.29, 1.82) is 0 Å². The first-order chi connectivity index (χ1) is 9.22. The van der Waals surface area contributed by atoms with Crippen molar-refractivity contribution in [1.82, 2.24) is 20.1 Å². The van der Waals surface area contributed by atoms with Crippen molar-refractivity contribution in [2.75, 3.05) is 6.54 Å². The molecule has 102 valence electrons. The third-order valence-electron chi connectivity index (χ3n) is 3.03. The van der Waals surface area contributed by atoms with E-state index in [1.54, 1.807) is 0 Å². The van der Waals surface area contributed by atoms with Crippen LogP contribution in [0.2, 0.25) is 0 Å². The SMILES string of the molecule is CCNC(Cc1cnn(CC)c1)c1cncc(Br)c1. The van der Waals surface area contributed by atoms with Crippen LogP contribution in [0.3, 0.4) is 0 Å². The topological polar surface area (TPSA) is 42.7 Å². The Labute approximate surface area is 122 Å². The normalized spacial score (nSPS) is 12.6. The quantitative estimate of drug-likeness (QED) is 0.889. The molecule has 0 aliphatic heterocycles. The number of halogens is 1. The second-order valence-corrected chi connectivity index (χ2v) is 5.37. The number of nitrogens with one attached hydrogen (secondary N) is 1. The molecule has 4 nitrogen and oxygen atoms in total. The fourth-order valence-electron chi connectivity index (χ4n) is 2.09. The van der Waals surface area contributed by atoms with Gasteiger partial charge in [0.2, 0.25) is 0 Å². The molecular formula is C14H19BrN4. The van der Waals surface area contributed by atoms with Gasteiger partial charge in [0.25, 0.3) is 0 Å². The molecule has 0 bridgehead atoms. The highest BCUT2D eigenvalue weighted by Crippen LogP contribution is 2.20. The lowest BCUT2D eigenvalue weighted by molar-refractivity contribution is 0.547. The average Bonchev–Trinajstić information content (AvgIpc) is 2.86. The van der Waals surface area contributed by atoms with Gasteiger partial charge in [-0.2, -0.15) is 5.10 Å². The van der Waals surface area contributed by atoms with Crippen LogP contribution in [0.1, 0.15) is 31.0 Å². The summed E-state index contributed by atoms with van der Waals surface area (Å²) in [5.74, 6) is 0. The monoisotopic (exact) mass is 322 g/mol. The standard InChI is InChI=1S/C14H19BrN4/c1-3-17-14(12-6-13(15)9-16-8-12)5-11-7-18-19(4-2)10-11/h6-10,14,17H,3-5H2,1-2H3. The summed E-state index contributed by atoms with van der Waals surface area (Å²) in [7, 11) is 0. The van der Waals surface area contributed by atoms with Crippen LogP contribution >= 0.6 is 15.9 Å². The lowest BCUT2D eigenvalue weighted by Gasteiger charge is -2.17. The van der Waals surface area contributed by atoms with Crippen LogP contribution in [-0.4, -0.2) is 21.3 Å². The minimum Gasteiger partial charge on any atom is -0.310 e. The highest BCUT2D eigenvalue weighted by Gasteiger charge is 2.13. The van der Waals surface area contributed by atoms with E-state index in [1.807, 2.05) is 23.3 Å². The number of rotatable bonds is 6. The van der Waals surface area contributed by atoms with Crippen LogP contribution in [0.25, 0.3) is 0 Å². The molecule has 1 atom stereocenters. The van der Waals surface area contributed by atoms with Crippen LogP contribution in [-0.2, 0) is 13.0 Å². The molecule has 2 heterocycles. The van der Waals surface area contributed by atoms with Crippen molar-refractivity contribution in [3.8, 4) is 0 Å². The number of aryl methyl sites for hydroxylation is 1. The molecule has 0 fully saturated rings. The molecule has 0 spiro atoms. The van der Waals surface area contributed by atoms with Crippen molar-refractivity contribution < 1.29 is 0 Å². The van der Waals surface area contributed by atoms with Gasteiger partial charge < -0.3 is 5.32 Å². The third kappa shape index (κ3) is 3.88. The molecule has 2 rings (SSSR count). The van der Waals surface area contributed by atoms with Crippen LogP contribution in [0, 0.1) is 0 Å². The minimum absolute atomic E-state index is 0.268.